The first-order valence-electron chi connectivity index (χ1n) is 6.52. The Kier molecular flexibility index (Phi) is 5.97. The molecule has 0 heterocycles. The van der Waals surface area contributed by atoms with Crippen LogP contribution in [0.2, 0.25) is 0 Å². The van der Waals surface area contributed by atoms with E-state index in [0.717, 1.165) is 18.8 Å². The quantitative estimate of drug-likeness (QED) is 0.604. The molecule has 0 saturated carbocycles. The molecule has 0 aromatic heterocycles. The number of alkyl halides is 1. The minimum Gasteiger partial charge on any atom is -0.494 e. The van der Waals surface area contributed by atoms with Crippen molar-refractivity contribution in [2.45, 2.75) is 33.1 Å². The Hall–Kier alpha value is -0.730. The van der Waals surface area contributed by atoms with E-state index in [1.54, 1.807) is 0 Å². The van der Waals surface area contributed by atoms with Gasteiger partial charge in [-0.15, -0.1) is 11.6 Å². The van der Waals surface area contributed by atoms with Crippen molar-refractivity contribution in [3.63, 3.8) is 0 Å². The van der Waals surface area contributed by atoms with Gasteiger partial charge in [-0.3, -0.25) is 0 Å². The molecule has 3 heteroatoms. The van der Waals surface area contributed by atoms with Gasteiger partial charge in [-0.2, -0.15) is 0 Å². The van der Waals surface area contributed by atoms with Crippen LogP contribution < -0.4 is 10.1 Å². The Morgan fingerprint density at radius 3 is 2.61 bits per heavy atom. The van der Waals surface area contributed by atoms with Crippen molar-refractivity contribution < 1.29 is 4.74 Å². The minimum absolute atomic E-state index is 0.0988. The molecule has 0 bridgehead atoms. The molecule has 0 spiro atoms. The van der Waals surface area contributed by atoms with E-state index in [1.165, 1.54) is 11.1 Å². The molecule has 0 amide bonds. The van der Waals surface area contributed by atoms with Crippen LogP contribution in [-0.2, 0) is 5.41 Å². The third-order valence-corrected chi connectivity index (χ3v) is 3.28. The highest BCUT2D eigenvalue weighted by Gasteiger charge is 2.20. The number of nitrogens with one attached hydrogen (secondary N) is 1. The molecular formula is C15H24ClNO. The van der Waals surface area contributed by atoms with Gasteiger partial charge >= 0.3 is 0 Å². The Balaban J connectivity index is 2.79. The van der Waals surface area contributed by atoms with E-state index in [4.69, 9.17) is 16.3 Å². The molecule has 0 unspecified atom stereocenters. The maximum Gasteiger partial charge on any atom is 0.122 e. The summed E-state index contributed by atoms with van der Waals surface area (Å²) in [6.45, 7) is 11.1. The van der Waals surface area contributed by atoms with Gasteiger partial charge in [0.1, 0.15) is 5.75 Å². The summed E-state index contributed by atoms with van der Waals surface area (Å²) in [6.07, 6.45) is 0. The summed E-state index contributed by atoms with van der Waals surface area (Å²) in [5.74, 6) is 1.63. The molecule has 1 rings (SSSR count). The number of hydrogen-bond acceptors (Lipinski definition) is 2. The molecule has 0 atom stereocenters. The molecule has 0 radical (unpaired) electrons. The van der Waals surface area contributed by atoms with Crippen LogP contribution in [0, 0.1) is 6.92 Å². The molecule has 1 aromatic rings. The highest BCUT2D eigenvalue weighted by atomic mass is 35.5. The normalized spacial score (nSPS) is 11.6. The molecule has 0 fully saturated rings. The molecule has 2 nitrogen and oxygen atoms in total. The van der Waals surface area contributed by atoms with E-state index in [1.807, 2.05) is 6.92 Å². The summed E-state index contributed by atoms with van der Waals surface area (Å²) in [5, 5.41) is 3.37. The maximum atomic E-state index is 5.68. The van der Waals surface area contributed by atoms with Crippen LogP contribution in [0.5, 0.6) is 5.75 Å². The van der Waals surface area contributed by atoms with Gasteiger partial charge in [0.05, 0.1) is 6.61 Å². The van der Waals surface area contributed by atoms with Crippen molar-refractivity contribution in [1.29, 1.82) is 0 Å². The Morgan fingerprint density at radius 2 is 2.06 bits per heavy atom. The minimum atomic E-state index is 0.0988. The van der Waals surface area contributed by atoms with Crippen LogP contribution in [0.4, 0.5) is 0 Å². The van der Waals surface area contributed by atoms with Crippen molar-refractivity contribution in [3.8, 4) is 5.75 Å². The van der Waals surface area contributed by atoms with Crippen LogP contribution in [0.1, 0.15) is 31.9 Å². The fourth-order valence-electron chi connectivity index (χ4n) is 1.96. The average molecular weight is 270 g/mol. The number of halogens is 1. The summed E-state index contributed by atoms with van der Waals surface area (Å²) in [5.41, 5.74) is 2.62. The lowest BCUT2D eigenvalue weighted by Gasteiger charge is -2.26. The number of benzene rings is 1. The van der Waals surface area contributed by atoms with E-state index in [-0.39, 0.29) is 5.41 Å². The first-order valence-corrected chi connectivity index (χ1v) is 7.05. The molecule has 1 aromatic carbocycles. The zero-order valence-electron chi connectivity index (χ0n) is 11.8. The van der Waals surface area contributed by atoms with Gasteiger partial charge in [0.25, 0.3) is 0 Å². The summed E-state index contributed by atoms with van der Waals surface area (Å²) in [7, 11) is 0. The molecule has 0 aliphatic carbocycles. The second-order valence-electron chi connectivity index (χ2n) is 5.16. The lowest BCUT2D eigenvalue weighted by Crippen LogP contribution is -2.34. The maximum absolute atomic E-state index is 5.68. The molecule has 102 valence electrons. The van der Waals surface area contributed by atoms with E-state index in [0.29, 0.717) is 12.5 Å². The van der Waals surface area contributed by atoms with Gasteiger partial charge in [0.15, 0.2) is 0 Å². The van der Waals surface area contributed by atoms with Gasteiger partial charge in [-0.25, -0.2) is 0 Å². The average Bonchev–Trinajstić information content (AvgIpc) is 2.32. The summed E-state index contributed by atoms with van der Waals surface area (Å²) < 4.78 is 5.57. The fourth-order valence-corrected chi connectivity index (χ4v) is 2.09. The number of rotatable bonds is 7. The number of hydrogen-bond donors (Lipinski definition) is 1. The van der Waals surface area contributed by atoms with Gasteiger partial charge in [-0.05, 0) is 31.0 Å². The third kappa shape index (κ3) is 4.18. The van der Waals surface area contributed by atoms with Crippen LogP contribution >= 0.6 is 11.6 Å². The number of aryl methyl sites for hydroxylation is 1. The zero-order chi connectivity index (χ0) is 13.6. The lowest BCUT2D eigenvalue weighted by atomic mass is 9.84. The monoisotopic (exact) mass is 269 g/mol. The fraction of sp³-hybridized carbons (Fsp3) is 0.600. The second-order valence-corrected chi connectivity index (χ2v) is 5.54. The van der Waals surface area contributed by atoms with Gasteiger partial charge < -0.3 is 10.1 Å². The molecule has 0 aliphatic heterocycles. The topological polar surface area (TPSA) is 21.3 Å². The van der Waals surface area contributed by atoms with Gasteiger partial charge in [0, 0.05) is 24.4 Å². The Labute approximate surface area is 116 Å². The highest BCUT2D eigenvalue weighted by molar-refractivity contribution is 6.18. The van der Waals surface area contributed by atoms with Crippen LogP contribution in [0.15, 0.2) is 18.2 Å². The summed E-state index contributed by atoms with van der Waals surface area (Å²) >= 11 is 5.68. The van der Waals surface area contributed by atoms with Crippen molar-refractivity contribution in [2.24, 2.45) is 0 Å². The zero-order valence-corrected chi connectivity index (χ0v) is 12.6. The van der Waals surface area contributed by atoms with Crippen molar-refractivity contribution in [1.82, 2.24) is 5.32 Å². The van der Waals surface area contributed by atoms with Crippen molar-refractivity contribution in [2.75, 3.05) is 25.6 Å². The van der Waals surface area contributed by atoms with Crippen molar-refractivity contribution >= 4 is 11.6 Å². The van der Waals surface area contributed by atoms with E-state index in [2.05, 4.69) is 44.3 Å². The van der Waals surface area contributed by atoms with E-state index in [9.17, 15) is 0 Å². The third-order valence-electron chi connectivity index (χ3n) is 3.09. The van der Waals surface area contributed by atoms with Crippen molar-refractivity contribution in [3.05, 3.63) is 29.3 Å². The highest BCUT2D eigenvalue weighted by Crippen LogP contribution is 2.27. The van der Waals surface area contributed by atoms with Crippen LogP contribution in [0.3, 0.4) is 0 Å². The van der Waals surface area contributed by atoms with Gasteiger partial charge in [0.2, 0.25) is 0 Å². The summed E-state index contributed by atoms with van der Waals surface area (Å²) in [6, 6.07) is 6.44. The van der Waals surface area contributed by atoms with E-state index >= 15 is 0 Å². The molecule has 0 saturated heterocycles. The Bertz CT molecular complexity index is 377. The van der Waals surface area contributed by atoms with E-state index < -0.39 is 0 Å². The largest absolute Gasteiger partial charge is 0.494 e. The molecule has 18 heavy (non-hydrogen) atoms. The van der Waals surface area contributed by atoms with Crippen LogP contribution in [-0.4, -0.2) is 25.6 Å². The SMILES string of the molecule is CCOc1ccc(C(C)(C)CNCCCl)cc1C. The molecule has 0 aliphatic rings. The summed E-state index contributed by atoms with van der Waals surface area (Å²) in [4.78, 5) is 0. The van der Waals surface area contributed by atoms with Gasteiger partial charge in [-0.1, -0.05) is 26.0 Å². The first kappa shape index (κ1) is 15.3. The molecular weight excluding hydrogens is 246 g/mol. The second kappa shape index (κ2) is 7.01. The Morgan fingerprint density at radius 1 is 1.33 bits per heavy atom. The molecule has 1 N–H and O–H groups in total. The first-order chi connectivity index (χ1) is 8.51. The standard InChI is InChI=1S/C15H24ClNO/c1-5-18-14-7-6-13(10-12(14)2)15(3,4)11-17-9-8-16/h6-7,10,17H,5,8-9,11H2,1-4H3. The van der Waals surface area contributed by atoms with Crippen LogP contribution in [0.25, 0.3) is 0 Å². The lowest BCUT2D eigenvalue weighted by molar-refractivity contribution is 0.337. The number of ether oxygens (including phenoxy) is 1. The predicted molar refractivity (Wildman–Crippen MR) is 79.0 cm³/mol. The predicted octanol–water partition coefficient (Wildman–Crippen LogP) is 3.50. The smallest absolute Gasteiger partial charge is 0.122 e.